The molecule has 0 aromatic heterocycles. The minimum Gasteiger partial charge on any atom is -0.504 e. The largest absolute Gasteiger partial charge is 0.504 e. The third-order valence-corrected chi connectivity index (χ3v) is 2.54. The molecule has 20 heavy (non-hydrogen) atoms. The Balaban J connectivity index is 2.01. The first-order valence-electron chi connectivity index (χ1n) is 5.81. The van der Waals surface area contributed by atoms with Gasteiger partial charge in [-0.1, -0.05) is 6.07 Å². The minimum atomic E-state index is -0.385. The number of carbonyl (C=O) groups is 1. The molecule has 0 spiro atoms. The van der Waals surface area contributed by atoms with Gasteiger partial charge in [-0.05, 0) is 48.0 Å². The van der Waals surface area contributed by atoms with Gasteiger partial charge in [-0.3, -0.25) is 4.79 Å². The van der Waals surface area contributed by atoms with Crippen LogP contribution in [0.1, 0.15) is 5.56 Å². The molecule has 0 atom stereocenters. The summed E-state index contributed by atoms with van der Waals surface area (Å²) >= 11 is 0. The Morgan fingerprint density at radius 2 is 1.75 bits per heavy atom. The summed E-state index contributed by atoms with van der Waals surface area (Å²) in [6.07, 6.45) is 2.76. The van der Waals surface area contributed by atoms with E-state index in [2.05, 4.69) is 5.32 Å². The van der Waals surface area contributed by atoms with E-state index in [0.29, 0.717) is 11.3 Å². The summed E-state index contributed by atoms with van der Waals surface area (Å²) in [5.41, 5.74) is 1.05. The van der Waals surface area contributed by atoms with Crippen molar-refractivity contribution in [1.29, 1.82) is 0 Å². The van der Waals surface area contributed by atoms with Crippen LogP contribution in [0, 0.1) is 5.82 Å². The van der Waals surface area contributed by atoms with Crippen molar-refractivity contribution < 1.29 is 19.4 Å². The molecule has 0 aliphatic rings. The summed E-state index contributed by atoms with van der Waals surface area (Å²) < 4.78 is 12.7. The number of phenols is 2. The van der Waals surface area contributed by atoms with Gasteiger partial charge >= 0.3 is 0 Å². The lowest BCUT2D eigenvalue weighted by Gasteiger charge is -2.01. The van der Waals surface area contributed by atoms with Gasteiger partial charge in [0.25, 0.3) is 0 Å². The Kier molecular flexibility index (Phi) is 4.00. The van der Waals surface area contributed by atoms with E-state index >= 15 is 0 Å². The molecule has 4 nitrogen and oxygen atoms in total. The molecule has 0 saturated heterocycles. The molecule has 0 bridgehead atoms. The van der Waals surface area contributed by atoms with Crippen LogP contribution in [-0.2, 0) is 4.79 Å². The van der Waals surface area contributed by atoms with E-state index in [1.807, 2.05) is 0 Å². The standard InChI is InChI=1S/C15H12FNO3/c16-11-3-5-12(6-4-11)17-15(20)8-2-10-1-7-13(18)14(19)9-10/h1-9,18-19H,(H,17,20)/b8-2+. The molecule has 2 aromatic rings. The lowest BCUT2D eigenvalue weighted by atomic mass is 10.2. The normalized spacial score (nSPS) is 10.7. The second-order valence-corrected chi connectivity index (χ2v) is 4.08. The molecule has 0 aliphatic heterocycles. The number of anilines is 1. The van der Waals surface area contributed by atoms with Crippen LogP contribution in [0.25, 0.3) is 6.08 Å². The summed E-state index contributed by atoms with van der Waals surface area (Å²) in [4.78, 5) is 11.6. The average molecular weight is 273 g/mol. The summed E-state index contributed by atoms with van der Waals surface area (Å²) in [6.45, 7) is 0. The number of hydrogen-bond acceptors (Lipinski definition) is 3. The zero-order chi connectivity index (χ0) is 14.5. The van der Waals surface area contributed by atoms with Gasteiger partial charge in [0, 0.05) is 11.8 Å². The predicted octanol–water partition coefficient (Wildman–Crippen LogP) is 2.89. The molecule has 5 heteroatoms. The smallest absolute Gasteiger partial charge is 0.248 e. The van der Waals surface area contributed by atoms with Crippen molar-refractivity contribution in [3.63, 3.8) is 0 Å². The van der Waals surface area contributed by atoms with E-state index in [1.54, 1.807) is 6.07 Å². The maximum atomic E-state index is 12.7. The molecule has 2 aromatic carbocycles. The van der Waals surface area contributed by atoms with Gasteiger partial charge in [0.1, 0.15) is 5.82 Å². The number of phenolic OH excluding ortho intramolecular Hbond substituents is 2. The van der Waals surface area contributed by atoms with Crippen LogP contribution in [-0.4, -0.2) is 16.1 Å². The van der Waals surface area contributed by atoms with Crippen molar-refractivity contribution in [1.82, 2.24) is 0 Å². The Labute approximate surface area is 114 Å². The third kappa shape index (κ3) is 3.58. The molecule has 0 radical (unpaired) electrons. The summed E-state index contributed by atoms with van der Waals surface area (Å²) in [5.74, 6) is -1.24. The Hall–Kier alpha value is -2.82. The first-order chi connectivity index (χ1) is 9.54. The maximum Gasteiger partial charge on any atom is 0.248 e. The van der Waals surface area contributed by atoms with E-state index in [0.717, 1.165) is 0 Å². The van der Waals surface area contributed by atoms with E-state index in [-0.39, 0.29) is 23.2 Å². The van der Waals surface area contributed by atoms with Crippen LogP contribution in [0.2, 0.25) is 0 Å². The molecule has 0 heterocycles. The molecule has 0 saturated carbocycles. The number of aromatic hydroxyl groups is 2. The van der Waals surface area contributed by atoms with Crippen molar-refractivity contribution in [2.45, 2.75) is 0 Å². The Morgan fingerprint density at radius 1 is 1.05 bits per heavy atom. The van der Waals surface area contributed by atoms with Crippen molar-refractivity contribution in [3.05, 3.63) is 59.9 Å². The lowest BCUT2D eigenvalue weighted by molar-refractivity contribution is -0.111. The van der Waals surface area contributed by atoms with E-state index in [1.165, 1.54) is 48.6 Å². The molecular weight excluding hydrogens is 261 g/mol. The number of carbonyl (C=O) groups excluding carboxylic acids is 1. The van der Waals surface area contributed by atoms with Gasteiger partial charge in [-0.25, -0.2) is 4.39 Å². The number of amides is 1. The maximum absolute atomic E-state index is 12.7. The SMILES string of the molecule is O=C(/C=C/c1ccc(O)c(O)c1)Nc1ccc(F)cc1. The van der Waals surface area contributed by atoms with Gasteiger partial charge in [-0.15, -0.1) is 0 Å². The van der Waals surface area contributed by atoms with Crippen molar-refractivity contribution in [2.75, 3.05) is 5.32 Å². The number of benzene rings is 2. The first-order valence-corrected chi connectivity index (χ1v) is 5.81. The average Bonchev–Trinajstić information content (AvgIpc) is 2.43. The molecule has 0 aliphatic carbocycles. The van der Waals surface area contributed by atoms with E-state index in [9.17, 15) is 14.3 Å². The fourth-order valence-corrected chi connectivity index (χ4v) is 1.53. The highest BCUT2D eigenvalue weighted by Crippen LogP contribution is 2.25. The molecule has 3 N–H and O–H groups in total. The molecule has 0 fully saturated rings. The third-order valence-electron chi connectivity index (χ3n) is 2.54. The van der Waals surface area contributed by atoms with Crippen LogP contribution in [0.4, 0.5) is 10.1 Å². The van der Waals surface area contributed by atoms with E-state index < -0.39 is 0 Å². The van der Waals surface area contributed by atoms with Gasteiger partial charge in [0.2, 0.25) is 5.91 Å². The highest BCUT2D eigenvalue weighted by atomic mass is 19.1. The van der Waals surface area contributed by atoms with Crippen molar-refractivity contribution >= 4 is 17.7 Å². The number of hydrogen-bond donors (Lipinski definition) is 3. The zero-order valence-electron chi connectivity index (χ0n) is 10.4. The van der Waals surface area contributed by atoms with Crippen LogP contribution < -0.4 is 5.32 Å². The number of rotatable bonds is 3. The second kappa shape index (κ2) is 5.88. The monoisotopic (exact) mass is 273 g/mol. The van der Waals surface area contributed by atoms with Gasteiger partial charge in [-0.2, -0.15) is 0 Å². The van der Waals surface area contributed by atoms with Crippen molar-refractivity contribution in [2.24, 2.45) is 0 Å². The minimum absolute atomic E-state index is 0.224. The molecule has 102 valence electrons. The number of nitrogens with one attached hydrogen (secondary N) is 1. The quantitative estimate of drug-likeness (QED) is 0.595. The predicted molar refractivity (Wildman–Crippen MR) is 73.8 cm³/mol. The van der Waals surface area contributed by atoms with Crippen LogP contribution in [0.3, 0.4) is 0 Å². The van der Waals surface area contributed by atoms with Gasteiger partial charge in [0.05, 0.1) is 0 Å². The highest BCUT2D eigenvalue weighted by Gasteiger charge is 2.00. The van der Waals surface area contributed by atoms with Gasteiger partial charge < -0.3 is 15.5 Å². The second-order valence-electron chi connectivity index (χ2n) is 4.08. The Morgan fingerprint density at radius 3 is 2.40 bits per heavy atom. The van der Waals surface area contributed by atoms with Gasteiger partial charge in [0.15, 0.2) is 11.5 Å². The summed E-state index contributed by atoms with van der Waals surface area (Å²) in [5, 5.41) is 21.0. The highest BCUT2D eigenvalue weighted by molar-refractivity contribution is 6.01. The first kappa shape index (κ1) is 13.6. The van der Waals surface area contributed by atoms with Crippen molar-refractivity contribution in [3.8, 4) is 11.5 Å². The van der Waals surface area contributed by atoms with Crippen LogP contribution in [0.15, 0.2) is 48.5 Å². The van der Waals surface area contributed by atoms with Crippen LogP contribution >= 0.6 is 0 Å². The molecular formula is C15H12FNO3. The summed E-state index contributed by atoms with van der Waals surface area (Å²) in [6, 6.07) is 9.61. The molecule has 1 amide bonds. The Bertz CT molecular complexity index is 651. The molecule has 2 rings (SSSR count). The topological polar surface area (TPSA) is 69.6 Å². The number of halogens is 1. The fourth-order valence-electron chi connectivity index (χ4n) is 1.53. The fraction of sp³-hybridized carbons (Fsp3) is 0. The van der Waals surface area contributed by atoms with Crippen LogP contribution in [0.5, 0.6) is 11.5 Å². The zero-order valence-corrected chi connectivity index (χ0v) is 10.4. The molecule has 0 unspecified atom stereocenters. The summed E-state index contributed by atoms with van der Waals surface area (Å²) in [7, 11) is 0. The van der Waals surface area contributed by atoms with E-state index in [4.69, 9.17) is 5.11 Å². The lowest BCUT2D eigenvalue weighted by Crippen LogP contribution is -2.07.